The van der Waals surface area contributed by atoms with Crippen LogP contribution in [0.25, 0.3) is 0 Å². The first kappa shape index (κ1) is 24.7. The third kappa shape index (κ3) is 6.78. The zero-order valence-electron chi connectivity index (χ0n) is 19.7. The SMILES string of the molecule is CCC(OC(=O)CCC(=O)Nc1ccc(Oc2c(C)cccc2C)cc1)C(=O)c1ccccc1. The summed E-state index contributed by atoms with van der Waals surface area (Å²) in [6.45, 7) is 5.75. The lowest BCUT2D eigenvalue weighted by molar-refractivity contribution is -0.148. The lowest BCUT2D eigenvalue weighted by atomic mass is 10.0. The van der Waals surface area contributed by atoms with E-state index in [1.807, 2.05) is 38.1 Å². The van der Waals surface area contributed by atoms with Crippen molar-refractivity contribution in [2.45, 2.75) is 46.1 Å². The molecular weight excluding hydrogens is 430 g/mol. The molecule has 3 aromatic carbocycles. The van der Waals surface area contributed by atoms with Gasteiger partial charge < -0.3 is 14.8 Å². The predicted molar refractivity (Wildman–Crippen MR) is 131 cm³/mol. The van der Waals surface area contributed by atoms with Gasteiger partial charge in [0, 0.05) is 17.7 Å². The number of benzene rings is 3. The third-order valence-electron chi connectivity index (χ3n) is 5.32. The summed E-state index contributed by atoms with van der Waals surface area (Å²) in [5, 5.41) is 2.76. The molecule has 6 heteroatoms. The molecule has 0 aliphatic carbocycles. The van der Waals surface area contributed by atoms with Gasteiger partial charge >= 0.3 is 5.97 Å². The smallest absolute Gasteiger partial charge is 0.307 e. The Morgan fingerprint density at radius 1 is 0.824 bits per heavy atom. The molecular formula is C28H29NO5. The van der Waals surface area contributed by atoms with Crippen molar-refractivity contribution >= 4 is 23.3 Å². The van der Waals surface area contributed by atoms with E-state index >= 15 is 0 Å². The minimum absolute atomic E-state index is 0.0462. The zero-order valence-corrected chi connectivity index (χ0v) is 19.7. The molecule has 3 rings (SSSR count). The van der Waals surface area contributed by atoms with Crippen LogP contribution < -0.4 is 10.1 Å². The van der Waals surface area contributed by atoms with Crippen molar-refractivity contribution < 1.29 is 23.9 Å². The Labute approximate surface area is 199 Å². The average Bonchev–Trinajstić information content (AvgIpc) is 2.85. The van der Waals surface area contributed by atoms with Gasteiger partial charge in [-0.15, -0.1) is 0 Å². The Morgan fingerprint density at radius 2 is 1.47 bits per heavy atom. The Hall–Kier alpha value is -3.93. The Morgan fingerprint density at radius 3 is 2.09 bits per heavy atom. The van der Waals surface area contributed by atoms with Crippen LogP contribution in [0.1, 0.15) is 47.7 Å². The maximum Gasteiger partial charge on any atom is 0.307 e. The van der Waals surface area contributed by atoms with Crippen LogP contribution in [-0.2, 0) is 14.3 Å². The van der Waals surface area contributed by atoms with E-state index in [2.05, 4.69) is 5.32 Å². The average molecular weight is 460 g/mol. The van der Waals surface area contributed by atoms with Crippen LogP contribution in [0.3, 0.4) is 0 Å². The number of carbonyl (C=O) groups excluding carboxylic acids is 3. The van der Waals surface area contributed by atoms with Gasteiger partial charge in [-0.3, -0.25) is 14.4 Å². The molecule has 1 amide bonds. The number of ether oxygens (including phenoxy) is 2. The lowest BCUT2D eigenvalue weighted by Crippen LogP contribution is -2.27. The number of rotatable bonds is 10. The van der Waals surface area contributed by atoms with E-state index in [0.717, 1.165) is 16.9 Å². The second kappa shape index (κ2) is 11.8. The molecule has 176 valence electrons. The molecule has 6 nitrogen and oxygen atoms in total. The number of para-hydroxylation sites is 1. The maximum atomic E-state index is 12.5. The summed E-state index contributed by atoms with van der Waals surface area (Å²) < 4.78 is 11.3. The number of aryl methyl sites for hydroxylation is 2. The first-order chi connectivity index (χ1) is 16.4. The summed E-state index contributed by atoms with van der Waals surface area (Å²) in [4.78, 5) is 37.0. The number of Topliss-reactive ketones (excluding diaryl/α,β-unsaturated/α-hetero) is 1. The van der Waals surface area contributed by atoms with E-state index in [4.69, 9.17) is 9.47 Å². The van der Waals surface area contributed by atoms with E-state index in [0.29, 0.717) is 23.4 Å². The summed E-state index contributed by atoms with van der Waals surface area (Å²) in [6, 6.07) is 21.7. The Balaban J connectivity index is 1.48. The largest absolute Gasteiger partial charge is 0.457 e. The fourth-order valence-corrected chi connectivity index (χ4v) is 3.45. The molecule has 0 heterocycles. The fourth-order valence-electron chi connectivity index (χ4n) is 3.45. The molecule has 1 atom stereocenters. The van der Waals surface area contributed by atoms with Gasteiger partial charge in [0.05, 0.1) is 6.42 Å². The topological polar surface area (TPSA) is 81.7 Å². The highest BCUT2D eigenvalue weighted by Gasteiger charge is 2.22. The number of ketones is 1. The molecule has 0 aliphatic rings. The number of esters is 1. The maximum absolute atomic E-state index is 12.5. The van der Waals surface area contributed by atoms with Crippen LogP contribution in [0.4, 0.5) is 5.69 Å². The van der Waals surface area contributed by atoms with Crippen molar-refractivity contribution in [3.05, 3.63) is 89.5 Å². The Bertz CT molecular complexity index is 1120. The van der Waals surface area contributed by atoms with Crippen LogP contribution >= 0.6 is 0 Å². The van der Waals surface area contributed by atoms with Gasteiger partial charge in [-0.25, -0.2) is 0 Å². The van der Waals surface area contributed by atoms with Crippen molar-refractivity contribution in [2.24, 2.45) is 0 Å². The number of carbonyl (C=O) groups is 3. The van der Waals surface area contributed by atoms with Gasteiger partial charge in [0.1, 0.15) is 11.5 Å². The molecule has 3 aromatic rings. The van der Waals surface area contributed by atoms with Gasteiger partial charge in [-0.2, -0.15) is 0 Å². The monoisotopic (exact) mass is 459 g/mol. The van der Waals surface area contributed by atoms with Crippen LogP contribution in [0, 0.1) is 13.8 Å². The third-order valence-corrected chi connectivity index (χ3v) is 5.32. The molecule has 1 N–H and O–H groups in total. The first-order valence-electron chi connectivity index (χ1n) is 11.3. The summed E-state index contributed by atoms with van der Waals surface area (Å²) in [7, 11) is 0. The molecule has 0 radical (unpaired) electrons. The van der Waals surface area contributed by atoms with Crippen molar-refractivity contribution in [3.63, 3.8) is 0 Å². The highest BCUT2D eigenvalue weighted by Crippen LogP contribution is 2.29. The number of nitrogens with one attached hydrogen (secondary N) is 1. The molecule has 0 spiro atoms. The second-order valence-corrected chi connectivity index (χ2v) is 8.01. The normalized spacial score (nSPS) is 11.4. The van der Waals surface area contributed by atoms with E-state index < -0.39 is 12.1 Å². The number of hydrogen-bond acceptors (Lipinski definition) is 5. The first-order valence-corrected chi connectivity index (χ1v) is 11.3. The highest BCUT2D eigenvalue weighted by molar-refractivity contribution is 6.00. The molecule has 0 fully saturated rings. The molecule has 0 saturated heterocycles. The molecule has 0 saturated carbocycles. The Kier molecular flexibility index (Phi) is 8.57. The molecule has 0 aliphatic heterocycles. The molecule has 0 bridgehead atoms. The van der Waals surface area contributed by atoms with Gasteiger partial charge in [0.25, 0.3) is 0 Å². The quantitative estimate of drug-likeness (QED) is 0.296. The van der Waals surface area contributed by atoms with E-state index in [9.17, 15) is 14.4 Å². The van der Waals surface area contributed by atoms with Crippen molar-refractivity contribution in [3.8, 4) is 11.5 Å². The van der Waals surface area contributed by atoms with Gasteiger partial charge in [-0.05, 0) is 55.7 Å². The number of amides is 1. The minimum Gasteiger partial charge on any atom is -0.457 e. The predicted octanol–water partition coefficient (Wildman–Crippen LogP) is 6.02. The van der Waals surface area contributed by atoms with Crippen molar-refractivity contribution in [1.29, 1.82) is 0 Å². The van der Waals surface area contributed by atoms with E-state index in [-0.39, 0.29) is 24.5 Å². The summed E-state index contributed by atoms with van der Waals surface area (Å²) in [5.41, 5.74) is 3.17. The lowest BCUT2D eigenvalue weighted by Gasteiger charge is -2.15. The summed E-state index contributed by atoms with van der Waals surface area (Å²) >= 11 is 0. The number of hydrogen-bond donors (Lipinski definition) is 1. The van der Waals surface area contributed by atoms with Gasteiger partial charge in [0.2, 0.25) is 11.7 Å². The van der Waals surface area contributed by atoms with Gasteiger partial charge in [0.15, 0.2) is 6.10 Å². The standard InChI is InChI=1S/C28H29NO5/c1-4-24(27(32)21-11-6-5-7-12-21)34-26(31)18-17-25(30)29-22-13-15-23(16-14-22)33-28-19(2)9-8-10-20(28)3/h5-16,24H,4,17-18H2,1-3H3,(H,29,30). The van der Waals surface area contributed by atoms with Crippen LogP contribution in [0.15, 0.2) is 72.8 Å². The molecule has 34 heavy (non-hydrogen) atoms. The zero-order chi connectivity index (χ0) is 24.5. The van der Waals surface area contributed by atoms with Crippen molar-refractivity contribution in [2.75, 3.05) is 5.32 Å². The fraction of sp³-hybridized carbons (Fsp3) is 0.250. The van der Waals surface area contributed by atoms with Gasteiger partial charge in [-0.1, -0.05) is 55.5 Å². The van der Waals surface area contributed by atoms with Crippen molar-refractivity contribution in [1.82, 2.24) is 0 Å². The molecule has 1 unspecified atom stereocenters. The number of anilines is 1. The van der Waals surface area contributed by atoms with E-state index in [1.165, 1.54) is 0 Å². The summed E-state index contributed by atoms with van der Waals surface area (Å²) in [6.07, 6.45) is -0.655. The minimum atomic E-state index is -0.859. The highest BCUT2D eigenvalue weighted by atomic mass is 16.5. The van der Waals surface area contributed by atoms with Crippen LogP contribution in [0.5, 0.6) is 11.5 Å². The summed E-state index contributed by atoms with van der Waals surface area (Å²) in [5.74, 6) is 0.331. The van der Waals surface area contributed by atoms with E-state index in [1.54, 1.807) is 55.5 Å². The second-order valence-electron chi connectivity index (χ2n) is 8.01. The van der Waals surface area contributed by atoms with Crippen LogP contribution in [-0.4, -0.2) is 23.8 Å². The van der Waals surface area contributed by atoms with Crippen LogP contribution in [0.2, 0.25) is 0 Å². The molecule has 0 aromatic heterocycles.